The van der Waals surface area contributed by atoms with Gasteiger partial charge in [-0.2, -0.15) is 0 Å². The van der Waals surface area contributed by atoms with Gasteiger partial charge in [0.25, 0.3) is 11.7 Å². The van der Waals surface area contributed by atoms with E-state index in [9.17, 15) is 14.4 Å². The zero-order chi connectivity index (χ0) is 21.0. The van der Waals surface area contributed by atoms with Crippen LogP contribution in [0.3, 0.4) is 0 Å². The van der Waals surface area contributed by atoms with Crippen molar-refractivity contribution in [2.24, 2.45) is 5.73 Å². The van der Waals surface area contributed by atoms with Crippen molar-refractivity contribution < 1.29 is 19.5 Å². The molecule has 0 aliphatic heterocycles. The summed E-state index contributed by atoms with van der Waals surface area (Å²) in [5, 5.41) is 9.54. The molecule has 3 aromatic rings. The largest absolute Gasteiger partial charge is 0.481 e. The van der Waals surface area contributed by atoms with Gasteiger partial charge in [0.1, 0.15) is 0 Å². The zero-order valence-electron chi connectivity index (χ0n) is 16.4. The van der Waals surface area contributed by atoms with Crippen LogP contribution in [0.4, 0.5) is 0 Å². The van der Waals surface area contributed by atoms with Crippen molar-refractivity contribution in [3.05, 3.63) is 70.9 Å². The topological polar surface area (TPSA) is 102 Å². The van der Waals surface area contributed by atoms with E-state index in [0.29, 0.717) is 36.8 Å². The number of fused-ring (bicyclic) bond motifs is 1. The number of carbonyl (C=O) groups is 3. The van der Waals surface area contributed by atoms with E-state index in [4.69, 9.17) is 10.8 Å². The molecular weight excluding hydrogens is 368 g/mol. The fraction of sp³-hybridized carbons (Fsp3) is 0.261. The van der Waals surface area contributed by atoms with Gasteiger partial charge in [0.05, 0.1) is 5.56 Å². The molecule has 3 rings (SSSR count). The van der Waals surface area contributed by atoms with Gasteiger partial charge in [0, 0.05) is 29.6 Å². The number of rotatable bonds is 9. The van der Waals surface area contributed by atoms with Crippen molar-refractivity contribution in [1.82, 2.24) is 4.57 Å². The molecule has 3 N–H and O–H groups in total. The number of primary amides is 1. The molecule has 6 nitrogen and oxygen atoms in total. The van der Waals surface area contributed by atoms with Crippen LogP contribution in [0.2, 0.25) is 0 Å². The third-order valence-electron chi connectivity index (χ3n) is 5.06. The Balaban J connectivity index is 2.13. The summed E-state index contributed by atoms with van der Waals surface area (Å²) >= 11 is 0. The van der Waals surface area contributed by atoms with Crippen LogP contribution in [0.25, 0.3) is 10.9 Å². The number of ketones is 1. The Labute approximate surface area is 168 Å². The maximum Gasteiger partial charge on any atom is 0.303 e. The maximum absolute atomic E-state index is 12.7. The highest BCUT2D eigenvalue weighted by Gasteiger charge is 2.25. The lowest BCUT2D eigenvalue weighted by atomic mass is 10.0. The molecule has 6 heteroatoms. The monoisotopic (exact) mass is 392 g/mol. The maximum atomic E-state index is 12.7. The summed E-state index contributed by atoms with van der Waals surface area (Å²) in [7, 11) is 0. The van der Waals surface area contributed by atoms with Gasteiger partial charge in [0.2, 0.25) is 0 Å². The Morgan fingerprint density at radius 1 is 1.03 bits per heavy atom. The van der Waals surface area contributed by atoms with Gasteiger partial charge in [-0.1, -0.05) is 43.3 Å². The number of aryl methyl sites for hydroxylation is 1. The first-order valence-corrected chi connectivity index (χ1v) is 9.66. The van der Waals surface area contributed by atoms with Crippen LogP contribution in [0, 0.1) is 0 Å². The molecule has 1 heterocycles. The molecule has 0 spiro atoms. The molecule has 1 aromatic heterocycles. The Morgan fingerprint density at radius 2 is 1.76 bits per heavy atom. The first-order valence-electron chi connectivity index (χ1n) is 9.66. The van der Waals surface area contributed by atoms with Crippen LogP contribution in [0.5, 0.6) is 0 Å². The lowest BCUT2D eigenvalue weighted by Gasteiger charge is -2.11. The summed E-state index contributed by atoms with van der Waals surface area (Å²) in [5.41, 5.74) is 9.33. The Bertz CT molecular complexity index is 1070. The Hall–Kier alpha value is -3.41. The van der Waals surface area contributed by atoms with Gasteiger partial charge in [-0.15, -0.1) is 0 Å². The number of carboxylic acid groups (broad SMARTS) is 1. The highest BCUT2D eigenvalue weighted by molar-refractivity contribution is 6.45. The number of Topliss-reactive ketones (excluding diaryl/α,β-unsaturated/α-hetero) is 1. The second-order valence-electron chi connectivity index (χ2n) is 7.04. The Kier molecular flexibility index (Phi) is 6.12. The number of nitrogens with zero attached hydrogens (tertiary/aromatic N) is 1. The second kappa shape index (κ2) is 8.73. The van der Waals surface area contributed by atoms with Gasteiger partial charge < -0.3 is 15.4 Å². The summed E-state index contributed by atoms with van der Waals surface area (Å²) < 4.78 is 2.06. The zero-order valence-corrected chi connectivity index (χ0v) is 16.4. The molecule has 0 aliphatic rings. The highest BCUT2D eigenvalue weighted by Crippen LogP contribution is 2.30. The van der Waals surface area contributed by atoms with Crippen LogP contribution in [0.1, 0.15) is 46.9 Å². The van der Waals surface area contributed by atoms with E-state index in [0.717, 1.165) is 22.3 Å². The van der Waals surface area contributed by atoms with Crippen molar-refractivity contribution in [2.45, 2.75) is 39.2 Å². The van der Waals surface area contributed by atoms with E-state index in [1.165, 1.54) is 0 Å². The molecule has 0 saturated carbocycles. The van der Waals surface area contributed by atoms with Gasteiger partial charge >= 0.3 is 5.97 Å². The lowest BCUT2D eigenvalue weighted by Crippen LogP contribution is -2.24. The van der Waals surface area contributed by atoms with Crippen LogP contribution in [-0.4, -0.2) is 27.3 Å². The van der Waals surface area contributed by atoms with Crippen LogP contribution < -0.4 is 5.73 Å². The average Bonchev–Trinajstić information content (AvgIpc) is 3.00. The smallest absolute Gasteiger partial charge is 0.303 e. The fourth-order valence-corrected chi connectivity index (χ4v) is 3.74. The van der Waals surface area contributed by atoms with Crippen molar-refractivity contribution in [1.29, 1.82) is 0 Å². The van der Waals surface area contributed by atoms with Crippen LogP contribution in [-0.2, 0) is 29.0 Å². The molecule has 150 valence electrons. The number of benzene rings is 2. The molecule has 0 aliphatic carbocycles. The number of amides is 1. The molecule has 0 radical (unpaired) electrons. The molecular formula is C23H24N2O4. The van der Waals surface area contributed by atoms with E-state index < -0.39 is 17.7 Å². The van der Waals surface area contributed by atoms with Crippen molar-refractivity contribution in [2.75, 3.05) is 0 Å². The first-order chi connectivity index (χ1) is 13.9. The number of hydrogen-bond donors (Lipinski definition) is 2. The summed E-state index contributed by atoms with van der Waals surface area (Å²) in [4.78, 5) is 35.1. The number of aliphatic carboxylic acids is 1. The van der Waals surface area contributed by atoms with E-state index in [1.807, 2.05) is 55.5 Å². The van der Waals surface area contributed by atoms with E-state index in [1.54, 1.807) is 0 Å². The second-order valence-corrected chi connectivity index (χ2v) is 7.04. The minimum Gasteiger partial charge on any atom is -0.481 e. The molecule has 2 aromatic carbocycles. The summed E-state index contributed by atoms with van der Waals surface area (Å²) in [6.07, 6.45) is 1.74. The SMILES string of the molecule is CCc1c(C(=O)C(N)=O)c2cc(CCCC(=O)O)ccc2n1Cc1ccccc1. The normalized spacial score (nSPS) is 10.9. The molecule has 0 atom stereocenters. The minimum absolute atomic E-state index is 0.0837. The van der Waals surface area contributed by atoms with Crippen molar-refractivity contribution in [3.63, 3.8) is 0 Å². The number of nitrogens with two attached hydrogens (primary N) is 1. The molecule has 0 saturated heterocycles. The van der Waals surface area contributed by atoms with E-state index in [2.05, 4.69) is 4.57 Å². The average molecular weight is 392 g/mol. The highest BCUT2D eigenvalue weighted by atomic mass is 16.4. The predicted molar refractivity (Wildman–Crippen MR) is 111 cm³/mol. The molecule has 29 heavy (non-hydrogen) atoms. The number of aromatic nitrogens is 1. The molecule has 0 fully saturated rings. The van der Waals surface area contributed by atoms with Gasteiger partial charge in [-0.25, -0.2) is 0 Å². The number of hydrogen-bond acceptors (Lipinski definition) is 3. The molecule has 1 amide bonds. The Morgan fingerprint density at radius 3 is 2.38 bits per heavy atom. The summed E-state index contributed by atoms with van der Waals surface area (Å²) in [6.45, 7) is 2.52. The van der Waals surface area contributed by atoms with Crippen LogP contribution in [0.15, 0.2) is 48.5 Å². The minimum atomic E-state index is -0.977. The first kappa shape index (κ1) is 20.3. The lowest BCUT2D eigenvalue weighted by molar-refractivity contribution is -0.137. The molecule has 0 bridgehead atoms. The van der Waals surface area contributed by atoms with Gasteiger partial charge in [0.15, 0.2) is 0 Å². The number of carboxylic acids is 1. The van der Waals surface area contributed by atoms with Crippen LogP contribution >= 0.6 is 0 Å². The summed E-state index contributed by atoms with van der Waals surface area (Å²) in [6, 6.07) is 15.7. The van der Waals surface area contributed by atoms with Gasteiger partial charge in [-0.3, -0.25) is 14.4 Å². The number of carbonyl (C=O) groups excluding carboxylic acids is 2. The van der Waals surface area contributed by atoms with E-state index >= 15 is 0 Å². The van der Waals surface area contributed by atoms with Gasteiger partial charge in [-0.05, 0) is 42.5 Å². The summed E-state index contributed by atoms with van der Waals surface area (Å²) in [5.74, 6) is -2.51. The van der Waals surface area contributed by atoms with Crippen molar-refractivity contribution in [3.8, 4) is 0 Å². The third-order valence-corrected chi connectivity index (χ3v) is 5.06. The van der Waals surface area contributed by atoms with E-state index in [-0.39, 0.29) is 6.42 Å². The fourth-order valence-electron chi connectivity index (χ4n) is 3.74. The molecule has 0 unspecified atom stereocenters. The third kappa shape index (κ3) is 4.37. The predicted octanol–water partition coefficient (Wildman–Crippen LogP) is 3.33. The quantitative estimate of drug-likeness (QED) is 0.431. The standard InChI is InChI=1S/C23H24N2O4/c1-2-18-21(22(28)23(24)29)17-13-15(9-6-10-20(26)27)11-12-19(17)25(18)14-16-7-4-3-5-8-16/h3-5,7-8,11-13H,2,6,9-10,14H2,1H3,(H2,24,29)(H,26,27). The van der Waals surface area contributed by atoms with Crippen molar-refractivity contribution >= 4 is 28.6 Å².